The van der Waals surface area contributed by atoms with E-state index in [9.17, 15) is 0 Å². The topological polar surface area (TPSA) is 70.3 Å². The third kappa shape index (κ3) is 3.39. The third-order valence-electron chi connectivity index (χ3n) is 2.61. The number of nitrogens with zero attached hydrogens (tertiary/aromatic N) is 2. The van der Waals surface area contributed by atoms with Crippen molar-refractivity contribution in [3.8, 4) is 17.4 Å². The largest absolute Gasteiger partial charge is 0.497 e. The molecule has 0 radical (unpaired) electrons. The second-order valence-corrected chi connectivity index (χ2v) is 5.40. The van der Waals surface area contributed by atoms with E-state index in [1.54, 1.807) is 19.2 Å². The van der Waals surface area contributed by atoms with E-state index in [0.29, 0.717) is 23.3 Å². The molecule has 6 heteroatoms. The summed E-state index contributed by atoms with van der Waals surface area (Å²) < 4.78 is 11.7. The molecule has 0 fully saturated rings. The molecule has 2 rings (SSSR count). The number of anilines is 1. The molecule has 0 saturated heterocycles. The van der Waals surface area contributed by atoms with Crippen molar-refractivity contribution < 1.29 is 9.47 Å². The average Bonchev–Trinajstić information content (AvgIpc) is 2.40. The Kier molecular flexibility index (Phi) is 4.44. The number of halogens is 1. The van der Waals surface area contributed by atoms with Crippen molar-refractivity contribution in [3.63, 3.8) is 0 Å². The summed E-state index contributed by atoms with van der Waals surface area (Å²) in [6.45, 7) is 4.00. The first kappa shape index (κ1) is 14.6. The summed E-state index contributed by atoms with van der Waals surface area (Å²) in [5, 5.41) is 0. The van der Waals surface area contributed by atoms with Crippen LogP contribution in [0.1, 0.15) is 25.6 Å². The Bertz CT molecular complexity index is 617. The van der Waals surface area contributed by atoms with E-state index in [1.807, 2.05) is 26.0 Å². The van der Waals surface area contributed by atoms with Gasteiger partial charge in [-0.15, -0.1) is 0 Å². The molecule has 0 saturated carbocycles. The van der Waals surface area contributed by atoms with Crippen molar-refractivity contribution in [2.45, 2.75) is 19.8 Å². The van der Waals surface area contributed by atoms with Crippen molar-refractivity contribution >= 4 is 21.7 Å². The Morgan fingerprint density at radius 2 is 1.95 bits per heavy atom. The molecule has 1 aromatic carbocycles. The summed E-state index contributed by atoms with van der Waals surface area (Å²) in [4.78, 5) is 8.53. The van der Waals surface area contributed by atoms with Crippen LogP contribution in [0.15, 0.2) is 28.7 Å². The predicted octanol–water partition coefficient (Wildman–Crippen LogP) is 3.75. The molecule has 0 unspecified atom stereocenters. The quantitative estimate of drug-likeness (QED) is 0.919. The van der Waals surface area contributed by atoms with Crippen LogP contribution in [0.5, 0.6) is 17.4 Å². The standard InChI is InChI=1S/C14H16BrN3O2/c1-8(2)14-17-12(16)7-13(18-14)20-11-5-4-9(19-3)6-10(11)15/h4-8H,1-3H3,(H2,16,17,18). The molecular formula is C14H16BrN3O2. The van der Waals surface area contributed by atoms with Gasteiger partial charge < -0.3 is 15.2 Å². The summed E-state index contributed by atoms with van der Waals surface area (Å²) >= 11 is 3.43. The van der Waals surface area contributed by atoms with Gasteiger partial charge in [0.2, 0.25) is 5.88 Å². The van der Waals surface area contributed by atoms with Crippen LogP contribution in [-0.2, 0) is 0 Å². The molecule has 0 aliphatic carbocycles. The number of nitrogen functional groups attached to an aromatic ring is 1. The highest BCUT2D eigenvalue weighted by atomic mass is 79.9. The van der Waals surface area contributed by atoms with Crippen molar-refractivity contribution in [2.24, 2.45) is 0 Å². The van der Waals surface area contributed by atoms with Crippen LogP contribution in [0, 0.1) is 0 Å². The molecular weight excluding hydrogens is 322 g/mol. The van der Waals surface area contributed by atoms with Crippen LogP contribution in [0.3, 0.4) is 0 Å². The van der Waals surface area contributed by atoms with Crippen LogP contribution in [-0.4, -0.2) is 17.1 Å². The van der Waals surface area contributed by atoms with Gasteiger partial charge >= 0.3 is 0 Å². The maximum absolute atomic E-state index is 5.77. The Balaban J connectivity index is 2.30. The molecule has 0 bridgehead atoms. The van der Waals surface area contributed by atoms with Gasteiger partial charge in [-0.1, -0.05) is 13.8 Å². The summed E-state index contributed by atoms with van der Waals surface area (Å²) in [6.07, 6.45) is 0. The Hall–Kier alpha value is -1.82. The Morgan fingerprint density at radius 1 is 1.20 bits per heavy atom. The molecule has 20 heavy (non-hydrogen) atoms. The first-order chi connectivity index (χ1) is 9.49. The molecule has 0 amide bonds. The van der Waals surface area contributed by atoms with Crippen molar-refractivity contribution in [1.82, 2.24) is 9.97 Å². The van der Waals surface area contributed by atoms with E-state index < -0.39 is 0 Å². The minimum atomic E-state index is 0.181. The zero-order valence-electron chi connectivity index (χ0n) is 11.6. The molecule has 2 aromatic rings. The van der Waals surface area contributed by atoms with Gasteiger partial charge in [0.1, 0.15) is 23.1 Å². The van der Waals surface area contributed by atoms with E-state index in [2.05, 4.69) is 25.9 Å². The van der Waals surface area contributed by atoms with Gasteiger partial charge in [-0.05, 0) is 34.1 Å². The van der Waals surface area contributed by atoms with Crippen molar-refractivity contribution in [3.05, 3.63) is 34.6 Å². The smallest absolute Gasteiger partial charge is 0.224 e. The van der Waals surface area contributed by atoms with Crippen LogP contribution in [0.2, 0.25) is 0 Å². The van der Waals surface area contributed by atoms with Gasteiger partial charge in [-0.25, -0.2) is 4.98 Å². The van der Waals surface area contributed by atoms with E-state index in [0.717, 1.165) is 10.2 Å². The van der Waals surface area contributed by atoms with E-state index in [4.69, 9.17) is 15.2 Å². The normalized spacial score (nSPS) is 10.7. The van der Waals surface area contributed by atoms with Gasteiger partial charge in [0.25, 0.3) is 0 Å². The number of ether oxygens (including phenoxy) is 2. The lowest BCUT2D eigenvalue weighted by molar-refractivity contribution is 0.411. The number of aromatic nitrogens is 2. The highest BCUT2D eigenvalue weighted by Crippen LogP contribution is 2.32. The van der Waals surface area contributed by atoms with E-state index in [-0.39, 0.29) is 5.92 Å². The van der Waals surface area contributed by atoms with Crippen molar-refractivity contribution in [1.29, 1.82) is 0 Å². The lowest BCUT2D eigenvalue weighted by Crippen LogP contribution is -2.03. The molecule has 0 spiro atoms. The van der Waals surface area contributed by atoms with Gasteiger partial charge in [0, 0.05) is 12.0 Å². The van der Waals surface area contributed by atoms with Gasteiger partial charge in [0.15, 0.2) is 0 Å². The highest BCUT2D eigenvalue weighted by Gasteiger charge is 2.10. The number of hydrogen-bond acceptors (Lipinski definition) is 5. The highest BCUT2D eigenvalue weighted by molar-refractivity contribution is 9.10. The first-order valence-electron chi connectivity index (χ1n) is 6.15. The van der Waals surface area contributed by atoms with Crippen LogP contribution >= 0.6 is 15.9 Å². The monoisotopic (exact) mass is 337 g/mol. The molecule has 0 aliphatic heterocycles. The fourth-order valence-electron chi connectivity index (χ4n) is 1.58. The van der Waals surface area contributed by atoms with E-state index in [1.165, 1.54) is 0 Å². The second kappa shape index (κ2) is 6.09. The summed E-state index contributed by atoms with van der Waals surface area (Å²) in [5.74, 6) is 3.04. The fourth-order valence-corrected chi connectivity index (χ4v) is 2.01. The minimum Gasteiger partial charge on any atom is -0.497 e. The summed E-state index contributed by atoms with van der Waals surface area (Å²) in [7, 11) is 1.61. The summed E-state index contributed by atoms with van der Waals surface area (Å²) in [6, 6.07) is 7.04. The molecule has 106 valence electrons. The molecule has 0 aliphatic rings. The maximum atomic E-state index is 5.77. The lowest BCUT2D eigenvalue weighted by Gasteiger charge is -2.11. The van der Waals surface area contributed by atoms with Crippen LogP contribution < -0.4 is 15.2 Å². The number of nitrogens with two attached hydrogens (primary N) is 1. The second-order valence-electron chi connectivity index (χ2n) is 4.54. The number of rotatable bonds is 4. The number of methoxy groups -OCH3 is 1. The Labute approximate surface area is 126 Å². The molecule has 1 heterocycles. The molecule has 0 atom stereocenters. The zero-order valence-corrected chi connectivity index (χ0v) is 13.1. The fraction of sp³-hybridized carbons (Fsp3) is 0.286. The van der Waals surface area contributed by atoms with Crippen LogP contribution in [0.4, 0.5) is 5.82 Å². The summed E-state index contributed by atoms with van der Waals surface area (Å²) in [5.41, 5.74) is 5.77. The Morgan fingerprint density at radius 3 is 2.55 bits per heavy atom. The van der Waals surface area contributed by atoms with Crippen molar-refractivity contribution in [2.75, 3.05) is 12.8 Å². The minimum absolute atomic E-state index is 0.181. The van der Waals surface area contributed by atoms with E-state index >= 15 is 0 Å². The zero-order chi connectivity index (χ0) is 14.7. The van der Waals surface area contributed by atoms with Gasteiger partial charge in [-0.2, -0.15) is 4.98 Å². The number of hydrogen-bond donors (Lipinski definition) is 1. The maximum Gasteiger partial charge on any atom is 0.224 e. The molecule has 1 aromatic heterocycles. The first-order valence-corrected chi connectivity index (χ1v) is 6.94. The molecule has 5 nitrogen and oxygen atoms in total. The average molecular weight is 338 g/mol. The number of benzene rings is 1. The van der Waals surface area contributed by atoms with Gasteiger partial charge in [0.05, 0.1) is 11.6 Å². The SMILES string of the molecule is COc1ccc(Oc2cc(N)nc(C(C)C)n2)c(Br)c1. The predicted molar refractivity (Wildman–Crippen MR) is 81.3 cm³/mol. The van der Waals surface area contributed by atoms with Gasteiger partial charge in [-0.3, -0.25) is 0 Å². The lowest BCUT2D eigenvalue weighted by atomic mass is 10.2. The van der Waals surface area contributed by atoms with Crippen LogP contribution in [0.25, 0.3) is 0 Å². The third-order valence-corrected chi connectivity index (χ3v) is 3.23. The molecule has 2 N–H and O–H groups in total.